The summed E-state index contributed by atoms with van der Waals surface area (Å²) < 4.78 is 0. The lowest BCUT2D eigenvalue weighted by atomic mass is 10.0. The topological polar surface area (TPSA) is 12.0 Å². The summed E-state index contributed by atoms with van der Waals surface area (Å²) in [6.45, 7) is 4.92. The Kier molecular flexibility index (Phi) is 4.31. The van der Waals surface area contributed by atoms with Crippen molar-refractivity contribution in [2.24, 2.45) is 0 Å². The highest BCUT2D eigenvalue weighted by Gasteiger charge is 2.37. The molecule has 0 atom stereocenters. The molecule has 5 aromatic carbocycles. The van der Waals surface area contributed by atoms with Crippen LogP contribution in [0.15, 0.2) is 109 Å². The number of anilines is 2. The summed E-state index contributed by atoms with van der Waals surface area (Å²) in [5, 5.41) is 9.25. The van der Waals surface area contributed by atoms with Crippen molar-refractivity contribution < 1.29 is 0 Å². The highest BCUT2D eigenvalue weighted by Crippen LogP contribution is 2.31. The molecule has 0 aliphatic carbocycles. The molecule has 1 aliphatic heterocycles. The van der Waals surface area contributed by atoms with Crippen molar-refractivity contribution in [3.63, 3.8) is 0 Å². The quantitative estimate of drug-likeness (QED) is 0.304. The normalized spacial score (nSPS) is 13.6. The molecule has 0 radical (unpaired) electrons. The minimum absolute atomic E-state index is 1.12. The zero-order valence-electron chi connectivity index (χ0n) is 18.4. The van der Waals surface area contributed by atoms with Gasteiger partial charge in [-0.15, -0.1) is 0 Å². The van der Waals surface area contributed by atoms with Gasteiger partial charge in [-0.3, -0.25) is 0 Å². The fraction of sp³-hybridized carbons (Fsp3) is 0.0667. The van der Waals surface area contributed by atoms with Crippen LogP contribution in [-0.2, 0) is 0 Å². The summed E-state index contributed by atoms with van der Waals surface area (Å²) >= 11 is 0. The van der Waals surface area contributed by atoms with Gasteiger partial charge in [0, 0.05) is 11.4 Å². The van der Waals surface area contributed by atoms with E-state index in [4.69, 9.17) is 0 Å². The minimum Gasteiger partial charge on any atom is -0.356 e. The molecule has 1 N–H and O–H groups in total. The molecule has 2 heteroatoms. The van der Waals surface area contributed by atoms with Crippen LogP contribution >= 0.6 is 0 Å². The van der Waals surface area contributed by atoms with E-state index < -0.39 is 8.07 Å². The van der Waals surface area contributed by atoms with E-state index in [0.717, 1.165) is 11.4 Å². The molecule has 0 amide bonds. The first-order chi connectivity index (χ1) is 15.6. The average molecular weight is 428 g/mol. The Morgan fingerprint density at radius 1 is 0.500 bits per heavy atom. The van der Waals surface area contributed by atoms with Gasteiger partial charge < -0.3 is 5.32 Å². The molecule has 0 aromatic heterocycles. The molecule has 1 heterocycles. The number of hydrogen-bond donors (Lipinski definition) is 1. The van der Waals surface area contributed by atoms with Gasteiger partial charge in [0.2, 0.25) is 0 Å². The Morgan fingerprint density at radius 3 is 2.00 bits per heavy atom. The summed E-state index contributed by atoms with van der Waals surface area (Å²) in [5.41, 5.74) is 7.59. The van der Waals surface area contributed by atoms with Crippen molar-refractivity contribution >= 4 is 40.6 Å². The molecule has 0 unspecified atom stereocenters. The van der Waals surface area contributed by atoms with E-state index in [0.29, 0.717) is 0 Å². The van der Waals surface area contributed by atoms with Crippen molar-refractivity contribution in [2.75, 3.05) is 5.32 Å². The maximum atomic E-state index is 3.63. The van der Waals surface area contributed by atoms with Crippen molar-refractivity contribution in [3.8, 4) is 22.3 Å². The van der Waals surface area contributed by atoms with E-state index in [-0.39, 0.29) is 0 Å². The van der Waals surface area contributed by atoms with Crippen LogP contribution in [0.1, 0.15) is 0 Å². The molecule has 154 valence electrons. The van der Waals surface area contributed by atoms with Gasteiger partial charge in [-0.05, 0) is 73.7 Å². The van der Waals surface area contributed by atoms with Crippen molar-refractivity contribution in [2.45, 2.75) is 13.1 Å². The lowest BCUT2D eigenvalue weighted by Crippen LogP contribution is -2.49. The second-order valence-electron chi connectivity index (χ2n) is 9.20. The molecule has 0 saturated heterocycles. The van der Waals surface area contributed by atoms with Crippen LogP contribution in [0.2, 0.25) is 13.1 Å². The second-order valence-corrected chi connectivity index (χ2v) is 13.5. The van der Waals surface area contributed by atoms with Gasteiger partial charge in [0.1, 0.15) is 8.07 Å². The molecule has 5 aromatic rings. The van der Waals surface area contributed by atoms with Gasteiger partial charge >= 0.3 is 0 Å². The predicted octanol–water partition coefficient (Wildman–Crippen LogP) is 7.05. The van der Waals surface area contributed by atoms with E-state index in [1.807, 2.05) is 0 Å². The van der Waals surface area contributed by atoms with E-state index >= 15 is 0 Å². The summed E-state index contributed by atoms with van der Waals surface area (Å²) in [7, 11) is -1.65. The summed E-state index contributed by atoms with van der Waals surface area (Å²) in [5.74, 6) is 0. The molecule has 0 fully saturated rings. The van der Waals surface area contributed by atoms with Crippen LogP contribution in [0.25, 0.3) is 33.0 Å². The number of rotatable bonds is 3. The van der Waals surface area contributed by atoms with Crippen LogP contribution in [0.5, 0.6) is 0 Å². The average Bonchev–Trinajstić information content (AvgIpc) is 3.06. The first kappa shape index (κ1) is 19.1. The lowest BCUT2D eigenvalue weighted by Gasteiger charge is -2.19. The Bertz CT molecular complexity index is 1460. The fourth-order valence-electron chi connectivity index (χ4n) is 5.06. The third-order valence-electron chi connectivity index (χ3n) is 6.84. The van der Waals surface area contributed by atoms with Crippen LogP contribution in [0.3, 0.4) is 0 Å². The minimum atomic E-state index is -1.65. The monoisotopic (exact) mass is 427 g/mol. The summed E-state index contributed by atoms with van der Waals surface area (Å²) in [6, 6.07) is 39.7. The SMILES string of the molecule is C[Si]1(C)c2ccccc2-c2ccc(Nc3ccc(-c4ccc5ccccc5c4)cc3)cc21. The summed E-state index contributed by atoms with van der Waals surface area (Å²) in [6.07, 6.45) is 0. The number of fused-ring (bicyclic) bond motifs is 4. The highest BCUT2D eigenvalue weighted by molar-refractivity contribution is 7.03. The standard InChI is InChI=1S/C30H25NSi/c1-32(2)29-10-6-5-9-27(29)28-18-17-26(20-30(28)32)31-25-15-13-22(14-16-25)24-12-11-21-7-3-4-8-23(21)19-24/h3-20,31H,1-2H3. The van der Waals surface area contributed by atoms with E-state index in [2.05, 4.69) is 128 Å². The first-order valence-corrected chi connectivity index (χ1v) is 14.2. The molecular formula is C30H25NSi. The molecule has 0 spiro atoms. The van der Waals surface area contributed by atoms with Crippen molar-refractivity contribution in [1.82, 2.24) is 0 Å². The van der Waals surface area contributed by atoms with Crippen LogP contribution in [0, 0.1) is 0 Å². The van der Waals surface area contributed by atoms with Gasteiger partial charge in [-0.1, -0.05) is 92.0 Å². The van der Waals surface area contributed by atoms with Gasteiger partial charge in [-0.2, -0.15) is 0 Å². The largest absolute Gasteiger partial charge is 0.356 e. The number of nitrogens with one attached hydrogen (secondary N) is 1. The van der Waals surface area contributed by atoms with Gasteiger partial charge in [0.05, 0.1) is 0 Å². The molecule has 0 saturated carbocycles. The summed E-state index contributed by atoms with van der Waals surface area (Å²) in [4.78, 5) is 0. The number of benzene rings is 5. The third kappa shape index (κ3) is 3.07. The first-order valence-electron chi connectivity index (χ1n) is 11.2. The smallest absolute Gasteiger partial charge is 0.113 e. The third-order valence-corrected chi connectivity index (χ3v) is 10.4. The molecular weight excluding hydrogens is 402 g/mol. The molecule has 0 bridgehead atoms. The fourth-order valence-corrected chi connectivity index (χ4v) is 8.17. The zero-order chi connectivity index (χ0) is 21.7. The van der Waals surface area contributed by atoms with Crippen molar-refractivity contribution in [1.29, 1.82) is 0 Å². The lowest BCUT2D eigenvalue weighted by molar-refractivity contribution is 1.55. The highest BCUT2D eigenvalue weighted by atomic mass is 28.3. The molecule has 1 nitrogen and oxygen atoms in total. The Balaban J connectivity index is 1.28. The molecule has 1 aliphatic rings. The maximum absolute atomic E-state index is 3.63. The Morgan fingerprint density at radius 2 is 1.16 bits per heavy atom. The van der Waals surface area contributed by atoms with E-state index in [1.165, 1.54) is 38.2 Å². The van der Waals surface area contributed by atoms with Crippen LogP contribution in [-0.4, -0.2) is 8.07 Å². The van der Waals surface area contributed by atoms with Crippen LogP contribution in [0.4, 0.5) is 11.4 Å². The van der Waals surface area contributed by atoms with Gasteiger partial charge in [-0.25, -0.2) is 0 Å². The van der Waals surface area contributed by atoms with Gasteiger partial charge in [0.25, 0.3) is 0 Å². The second kappa shape index (κ2) is 7.22. The predicted molar refractivity (Wildman–Crippen MR) is 141 cm³/mol. The van der Waals surface area contributed by atoms with Crippen LogP contribution < -0.4 is 15.7 Å². The van der Waals surface area contributed by atoms with E-state index in [1.54, 1.807) is 5.19 Å². The Hall–Kier alpha value is -3.62. The molecule has 6 rings (SSSR count). The number of hydrogen-bond acceptors (Lipinski definition) is 1. The molecule has 32 heavy (non-hydrogen) atoms. The van der Waals surface area contributed by atoms with Gasteiger partial charge in [0.15, 0.2) is 0 Å². The maximum Gasteiger partial charge on any atom is 0.113 e. The van der Waals surface area contributed by atoms with Crippen molar-refractivity contribution in [3.05, 3.63) is 109 Å². The zero-order valence-corrected chi connectivity index (χ0v) is 19.4. The van der Waals surface area contributed by atoms with E-state index in [9.17, 15) is 0 Å². The Labute approximate surface area is 190 Å².